The fourth-order valence-corrected chi connectivity index (χ4v) is 2.63. The standard InChI is InChI=1S/C20H34O2/c1-8-16(4)10-9-11-17(5)13-20(12-15(2)3)14-18(6)22-19(7)21/h8,11-12,18,20H,9-10,13-14H2,1-7H3. The number of ether oxygens (including phenoxy) is 1. The van der Waals surface area contributed by atoms with E-state index < -0.39 is 0 Å². The molecular formula is C20H34O2. The zero-order valence-corrected chi connectivity index (χ0v) is 15.5. The molecule has 0 spiro atoms. The van der Waals surface area contributed by atoms with Gasteiger partial charge in [0.05, 0.1) is 6.10 Å². The third-order valence-electron chi connectivity index (χ3n) is 3.68. The minimum atomic E-state index is -0.197. The second kappa shape index (κ2) is 11.3. The Hall–Kier alpha value is -1.31. The van der Waals surface area contributed by atoms with Gasteiger partial charge < -0.3 is 4.74 Å². The van der Waals surface area contributed by atoms with Crippen LogP contribution in [0, 0.1) is 5.92 Å². The van der Waals surface area contributed by atoms with Crippen molar-refractivity contribution in [3.05, 3.63) is 34.9 Å². The minimum absolute atomic E-state index is 0.0313. The molecule has 0 fully saturated rings. The molecule has 0 aromatic rings. The molecule has 0 amide bonds. The number of esters is 1. The van der Waals surface area contributed by atoms with Gasteiger partial charge in [0.25, 0.3) is 0 Å². The Bertz CT molecular complexity index is 423. The van der Waals surface area contributed by atoms with Crippen molar-refractivity contribution in [3.8, 4) is 0 Å². The number of allylic oxidation sites excluding steroid dienone is 6. The van der Waals surface area contributed by atoms with Gasteiger partial charge in [-0.1, -0.05) is 34.9 Å². The van der Waals surface area contributed by atoms with E-state index in [1.54, 1.807) is 0 Å². The summed E-state index contributed by atoms with van der Waals surface area (Å²) in [7, 11) is 0. The lowest BCUT2D eigenvalue weighted by Gasteiger charge is -2.19. The lowest BCUT2D eigenvalue weighted by Crippen LogP contribution is -2.16. The highest BCUT2D eigenvalue weighted by Crippen LogP contribution is 2.22. The maximum atomic E-state index is 11.1. The highest BCUT2D eigenvalue weighted by atomic mass is 16.5. The smallest absolute Gasteiger partial charge is 0.302 e. The van der Waals surface area contributed by atoms with Gasteiger partial charge in [0, 0.05) is 6.92 Å². The first-order valence-electron chi connectivity index (χ1n) is 8.34. The summed E-state index contributed by atoms with van der Waals surface area (Å²) < 4.78 is 5.28. The Kier molecular flexibility index (Phi) is 10.6. The average Bonchev–Trinajstić information content (AvgIpc) is 2.36. The summed E-state index contributed by atoms with van der Waals surface area (Å²) in [5.74, 6) is 0.232. The molecule has 0 aliphatic heterocycles. The third-order valence-corrected chi connectivity index (χ3v) is 3.68. The minimum Gasteiger partial charge on any atom is -0.463 e. The van der Waals surface area contributed by atoms with Gasteiger partial charge in [0.15, 0.2) is 0 Å². The molecule has 0 heterocycles. The topological polar surface area (TPSA) is 26.3 Å². The number of carbonyl (C=O) groups is 1. The first-order chi connectivity index (χ1) is 10.2. The lowest BCUT2D eigenvalue weighted by molar-refractivity contribution is -0.146. The molecule has 0 N–H and O–H groups in total. The van der Waals surface area contributed by atoms with Crippen LogP contribution >= 0.6 is 0 Å². The summed E-state index contributed by atoms with van der Waals surface area (Å²) in [4.78, 5) is 11.1. The predicted molar refractivity (Wildman–Crippen MR) is 95.8 cm³/mol. The van der Waals surface area contributed by atoms with Crippen molar-refractivity contribution in [3.63, 3.8) is 0 Å². The molecule has 0 aromatic carbocycles. The number of hydrogen-bond acceptors (Lipinski definition) is 2. The maximum absolute atomic E-state index is 11.1. The van der Waals surface area contributed by atoms with Crippen molar-refractivity contribution >= 4 is 5.97 Å². The molecule has 0 bridgehead atoms. The zero-order chi connectivity index (χ0) is 17.1. The van der Waals surface area contributed by atoms with Gasteiger partial charge in [-0.05, 0) is 73.1 Å². The Morgan fingerprint density at radius 3 is 2.23 bits per heavy atom. The van der Waals surface area contributed by atoms with Crippen LogP contribution in [0.1, 0.15) is 74.1 Å². The molecule has 0 aliphatic rings. The zero-order valence-electron chi connectivity index (χ0n) is 15.5. The second-order valence-electron chi connectivity index (χ2n) is 6.59. The summed E-state index contributed by atoms with van der Waals surface area (Å²) in [6.45, 7) is 14.2. The van der Waals surface area contributed by atoms with Crippen LogP contribution in [0.2, 0.25) is 0 Å². The van der Waals surface area contributed by atoms with Gasteiger partial charge >= 0.3 is 5.97 Å². The van der Waals surface area contributed by atoms with Crippen LogP contribution < -0.4 is 0 Å². The molecule has 2 heteroatoms. The van der Waals surface area contributed by atoms with Crippen LogP contribution in [0.4, 0.5) is 0 Å². The summed E-state index contributed by atoms with van der Waals surface area (Å²) in [5.41, 5.74) is 4.17. The van der Waals surface area contributed by atoms with Crippen molar-refractivity contribution in [1.29, 1.82) is 0 Å². The van der Waals surface area contributed by atoms with Crippen LogP contribution in [0.3, 0.4) is 0 Å². The molecule has 0 radical (unpaired) electrons. The summed E-state index contributed by atoms with van der Waals surface area (Å²) in [5, 5.41) is 0. The van der Waals surface area contributed by atoms with E-state index in [0.29, 0.717) is 5.92 Å². The van der Waals surface area contributed by atoms with E-state index in [9.17, 15) is 4.79 Å². The number of hydrogen-bond donors (Lipinski definition) is 0. The van der Waals surface area contributed by atoms with E-state index in [1.165, 1.54) is 23.6 Å². The highest BCUT2D eigenvalue weighted by Gasteiger charge is 2.14. The molecule has 0 saturated heterocycles. The largest absolute Gasteiger partial charge is 0.463 e. The Balaban J connectivity index is 4.60. The maximum Gasteiger partial charge on any atom is 0.302 e. The summed E-state index contributed by atoms with van der Waals surface area (Å²) in [6.07, 6.45) is 10.9. The normalized spacial score (nSPS) is 15.2. The SMILES string of the molecule is CC=C(C)CCC=C(C)CC(C=C(C)C)CC(C)OC(C)=O. The van der Waals surface area contributed by atoms with Crippen LogP contribution in [0.25, 0.3) is 0 Å². The predicted octanol–water partition coefficient (Wildman–Crippen LogP) is 5.99. The Morgan fingerprint density at radius 1 is 1.09 bits per heavy atom. The average molecular weight is 306 g/mol. The molecular weight excluding hydrogens is 272 g/mol. The van der Waals surface area contributed by atoms with Gasteiger partial charge in [-0.15, -0.1) is 0 Å². The highest BCUT2D eigenvalue weighted by molar-refractivity contribution is 5.66. The second-order valence-corrected chi connectivity index (χ2v) is 6.59. The molecule has 2 unspecified atom stereocenters. The fraction of sp³-hybridized carbons (Fsp3) is 0.650. The van der Waals surface area contributed by atoms with Crippen molar-refractivity contribution in [1.82, 2.24) is 0 Å². The van der Waals surface area contributed by atoms with Gasteiger partial charge in [0.1, 0.15) is 0 Å². The van der Waals surface area contributed by atoms with Crippen molar-refractivity contribution in [2.45, 2.75) is 80.3 Å². The van der Waals surface area contributed by atoms with E-state index in [4.69, 9.17) is 4.74 Å². The molecule has 22 heavy (non-hydrogen) atoms. The Morgan fingerprint density at radius 2 is 1.73 bits per heavy atom. The van der Waals surface area contributed by atoms with E-state index in [-0.39, 0.29) is 12.1 Å². The van der Waals surface area contributed by atoms with Crippen LogP contribution in [-0.4, -0.2) is 12.1 Å². The van der Waals surface area contributed by atoms with Gasteiger partial charge in [-0.25, -0.2) is 0 Å². The number of carbonyl (C=O) groups excluding carboxylic acids is 1. The monoisotopic (exact) mass is 306 g/mol. The van der Waals surface area contributed by atoms with Crippen LogP contribution in [0.5, 0.6) is 0 Å². The molecule has 0 aromatic heterocycles. The van der Waals surface area contributed by atoms with Gasteiger partial charge in [-0.2, -0.15) is 0 Å². The van der Waals surface area contributed by atoms with Gasteiger partial charge in [0.2, 0.25) is 0 Å². The molecule has 0 aliphatic carbocycles. The van der Waals surface area contributed by atoms with E-state index in [1.807, 2.05) is 6.92 Å². The first kappa shape index (κ1) is 20.7. The van der Waals surface area contributed by atoms with Gasteiger partial charge in [-0.3, -0.25) is 4.79 Å². The van der Waals surface area contributed by atoms with Crippen LogP contribution in [0.15, 0.2) is 34.9 Å². The Labute approximate surface area is 137 Å². The molecule has 126 valence electrons. The van der Waals surface area contributed by atoms with Crippen molar-refractivity contribution in [2.24, 2.45) is 5.92 Å². The third kappa shape index (κ3) is 11.4. The summed E-state index contributed by atoms with van der Waals surface area (Å²) in [6, 6.07) is 0. The number of rotatable bonds is 9. The molecule has 2 atom stereocenters. The van der Waals surface area contributed by atoms with Crippen LogP contribution in [-0.2, 0) is 9.53 Å². The fourth-order valence-electron chi connectivity index (χ4n) is 2.63. The van der Waals surface area contributed by atoms with E-state index >= 15 is 0 Å². The van der Waals surface area contributed by atoms with Crippen molar-refractivity contribution < 1.29 is 9.53 Å². The van der Waals surface area contributed by atoms with Crippen molar-refractivity contribution in [2.75, 3.05) is 0 Å². The lowest BCUT2D eigenvalue weighted by atomic mass is 9.92. The molecule has 0 saturated carbocycles. The van der Waals surface area contributed by atoms with E-state index in [0.717, 1.165) is 25.7 Å². The first-order valence-corrected chi connectivity index (χ1v) is 8.34. The van der Waals surface area contributed by atoms with E-state index in [2.05, 4.69) is 52.8 Å². The quantitative estimate of drug-likeness (QED) is 0.386. The summed E-state index contributed by atoms with van der Waals surface area (Å²) >= 11 is 0. The molecule has 2 nitrogen and oxygen atoms in total. The molecule has 0 rings (SSSR count).